The number of primary amides is 1. The number of benzene rings is 1. The van der Waals surface area contributed by atoms with E-state index < -0.39 is 5.91 Å². The topological polar surface area (TPSA) is 92.6 Å². The second-order valence-corrected chi connectivity index (χ2v) is 4.88. The van der Waals surface area contributed by atoms with Crippen LogP contribution in [0.15, 0.2) is 18.2 Å². The second kappa shape index (κ2) is 4.86. The first-order valence-corrected chi connectivity index (χ1v) is 6.12. The van der Waals surface area contributed by atoms with Crippen LogP contribution in [-0.2, 0) is 0 Å². The quantitative estimate of drug-likeness (QED) is 0.668. The molecule has 1 aromatic carbocycles. The van der Waals surface area contributed by atoms with Crippen molar-refractivity contribution in [3.8, 4) is 0 Å². The molecule has 18 heavy (non-hydrogen) atoms. The maximum absolute atomic E-state index is 11.2. The molecule has 1 amide bonds. The summed E-state index contributed by atoms with van der Waals surface area (Å²) in [6.07, 6.45) is 0.539. The molecule has 5 heteroatoms. The summed E-state index contributed by atoms with van der Waals surface area (Å²) in [6, 6.07) is 5.23. The highest BCUT2D eigenvalue weighted by molar-refractivity contribution is 6.00. The molecule has 0 saturated carbocycles. The number of aliphatic hydroxyl groups excluding tert-OH is 1. The third-order valence-corrected chi connectivity index (χ3v) is 3.61. The van der Waals surface area contributed by atoms with E-state index in [0.29, 0.717) is 23.7 Å². The first kappa shape index (κ1) is 12.7. The summed E-state index contributed by atoms with van der Waals surface area (Å²) < 4.78 is 0. The Kier molecular flexibility index (Phi) is 3.43. The van der Waals surface area contributed by atoms with Crippen LogP contribution < -0.4 is 16.4 Å². The number of nitrogens with zero attached hydrogens (tertiary/aromatic N) is 1. The van der Waals surface area contributed by atoms with Crippen molar-refractivity contribution in [2.75, 3.05) is 23.7 Å². The van der Waals surface area contributed by atoms with Gasteiger partial charge >= 0.3 is 0 Å². The van der Waals surface area contributed by atoms with E-state index in [0.717, 1.165) is 18.7 Å². The Balaban J connectivity index is 2.29. The van der Waals surface area contributed by atoms with Gasteiger partial charge in [0.25, 0.3) is 5.91 Å². The van der Waals surface area contributed by atoms with Crippen molar-refractivity contribution < 1.29 is 9.90 Å². The second-order valence-electron chi connectivity index (χ2n) is 4.88. The van der Waals surface area contributed by atoms with Gasteiger partial charge in [-0.3, -0.25) is 4.79 Å². The highest BCUT2D eigenvalue weighted by atomic mass is 16.3. The number of anilines is 2. The van der Waals surface area contributed by atoms with Crippen molar-refractivity contribution in [3.05, 3.63) is 23.8 Å². The number of nitrogen functional groups attached to an aromatic ring is 1. The fourth-order valence-corrected chi connectivity index (χ4v) is 2.31. The Hall–Kier alpha value is -1.75. The summed E-state index contributed by atoms with van der Waals surface area (Å²) in [7, 11) is 0. The molecule has 1 saturated heterocycles. The van der Waals surface area contributed by atoms with Crippen LogP contribution in [0.3, 0.4) is 0 Å². The highest BCUT2D eigenvalue weighted by Crippen LogP contribution is 2.30. The average Bonchev–Trinajstić information content (AvgIpc) is 2.33. The molecular weight excluding hydrogens is 230 g/mol. The van der Waals surface area contributed by atoms with E-state index in [9.17, 15) is 9.90 Å². The van der Waals surface area contributed by atoms with Gasteiger partial charge in [0.05, 0.1) is 23.0 Å². The number of rotatable bonds is 2. The summed E-state index contributed by atoms with van der Waals surface area (Å²) in [5, 5.41) is 9.90. The largest absolute Gasteiger partial charge is 0.396 e. The molecule has 1 heterocycles. The third kappa shape index (κ3) is 2.26. The van der Waals surface area contributed by atoms with Crippen LogP contribution in [0.4, 0.5) is 11.4 Å². The van der Waals surface area contributed by atoms with Gasteiger partial charge in [0.15, 0.2) is 0 Å². The molecule has 0 aliphatic carbocycles. The number of carbonyl (C=O) groups is 1. The summed E-state index contributed by atoms with van der Waals surface area (Å²) in [4.78, 5) is 13.3. The van der Waals surface area contributed by atoms with Crippen LogP contribution in [0.5, 0.6) is 0 Å². The van der Waals surface area contributed by atoms with Crippen LogP contribution in [0, 0.1) is 5.92 Å². The van der Waals surface area contributed by atoms with E-state index >= 15 is 0 Å². The standard InChI is InChI=1S/C13H19N3O2/c1-8-5-6-16(7-11(8)17)10-4-2-3-9(12(10)14)13(15)18/h2-4,8,11,17H,5-7,14H2,1H3,(H2,15,18). The minimum absolute atomic E-state index is 0.293. The zero-order valence-electron chi connectivity index (χ0n) is 10.5. The van der Waals surface area contributed by atoms with Gasteiger partial charge in [-0.2, -0.15) is 0 Å². The van der Waals surface area contributed by atoms with Gasteiger partial charge < -0.3 is 21.5 Å². The van der Waals surface area contributed by atoms with Crippen molar-refractivity contribution in [1.82, 2.24) is 0 Å². The summed E-state index contributed by atoms with van der Waals surface area (Å²) in [5.41, 5.74) is 12.8. The predicted molar refractivity (Wildman–Crippen MR) is 71.4 cm³/mol. The number of nitrogens with two attached hydrogens (primary N) is 2. The fraction of sp³-hybridized carbons (Fsp3) is 0.462. The molecule has 5 N–H and O–H groups in total. The lowest BCUT2D eigenvalue weighted by molar-refractivity contribution is 0.100. The molecule has 0 bridgehead atoms. The Morgan fingerprint density at radius 3 is 2.83 bits per heavy atom. The molecule has 1 aliphatic rings. The van der Waals surface area contributed by atoms with Crippen LogP contribution in [-0.4, -0.2) is 30.2 Å². The molecule has 2 atom stereocenters. The first-order chi connectivity index (χ1) is 8.50. The maximum Gasteiger partial charge on any atom is 0.250 e. The SMILES string of the molecule is CC1CCN(c2cccc(C(N)=O)c2N)CC1O. The first-order valence-electron chi connectivity index (χ1n) is 6.12. The molecule has 1 fully saturated rings. The lowest BCUT2D eigenvalue weighted by atomic mass is 9.95. The number of aliphatic hydroxyl groups is 1. The minimum Gasteiger partial charge on any atom is -0.396 e. The van der Waals surface area contributed by atoms with Crippen LogP contribution >= 0.6 is 0 Å². The monoisotopic (exact) mass is 249 g/mol. The minimum atomic E-state index is -0.528. The number of carbonyl (C=O) groups excluding carboxylic acids is 1. The Labute approximate surface area is 106 Å². The van der Waals surface area contributed by atoms with Crippen LogP contribution in [0.25, 0.3) is 0 Å². The molecular formula is C13H19N3O2. The van der Waals surface area contributed by atoms with E-state index in [1.54, 1.807) is 12.1 Å². The molecule has 1 aromatic rings. The van der Waals surface area contributed by atoms with E-state index in [1.807, 2.05) is 17.9 Å². The van der Waals surface area contributed by atoms with Crippen LogP contribution in [0.1, 0.15) is 23.7 Å². The van der Waals surface area contributed by atoms with Gasteiger partial charge in [0, 0.05) is 13.1 Å². The predicted octanol–water partition coefficient (Wildman–Crippen LogP) is 0.575. The van der Waals surface area contributed by atoms with Gasteiger partial charge in [-0.1, -0.05) is 13.0 Å². The van der Waals surface area contributed by atoms with Crippen molar-refractivity contribution in [2.24, 2.45) is 11.7 Å². The molecule has 1 aliphatic heterocycles. The zero-order chi connectivity index (χ0) is 13.3. The Bertz CT molecular complexity index is 462. The van der Waals surface area contributed by atoms with Crippen molar-refractivity contribution in [2.45, 2.75) is 19.4 Å². The summed E-state index contributed by atoms with van der Waals surface area (Å²) in [6.45, 7) is 3.39. The Morgan fingerprint density at radius 1 is 1.50 bits per heavy atom. The lowest BCUT2D eigenvalue weighted by Crippen LogP contribution is -2.43. The highest BCUT2D eigenvalue weighted by Gasteiger charge is 2.26. The van der Waals surface area contributed by atoms with Gasteiger partial charge in [-0.15, -0.1) is 0 Å². The van der Waals surface area contributed by atoms with Gasteiger partial charge in [0.2, 0.25) is 0 Å². The molecule has 0 aromatic heterocycles. The molecule has 0 radical (unpaired) electrons. The number of hydrogen-bond acceptors (Lipinski definition) is 4. The smallest absolute Gasteiger partial charge is 0.250 e. The molecule has 0 spiro atoms. The van der Waals surface area contributed by atoms with Gasteiger partial charge in [-0.05, 0) is 24.5 Å². The fourth-order valence-electron chi connectivity index (χ4n) is 2.31. The zero-order valence-corrected chi connectivity index (χ0v) is 10.5. The average molecular weight is 249 g/mol. The molecule has 5 nitrogen and oxygen atoms in total. The van der Waals surface area contributed by atoms with Crippen molar-refractivity contribution in [3.63, 3.8) is 0 Å². The van der Waals surface area contributed by atoms with Crippen molar-refractivity contribution in [1.29, 1.82) is 0 Å². The van der Waals surface area contributed by atoms with E-state index in [2.05, 4.69) is 0 Å². The van der Waals surface area contributed by atoms with Crippen molar-refractivity contribution >= 4 is 17.3 Å². The van der Waals surface area contributed by atoms with E-state index in [4.69, 9.17) is 11.5 Å². The summed E-state index contributed by atoms with van der Waals surface area (Å²) >= 11 is 0. The van der Waals surface area contributed by atoms with Gasteiger partial charge in [0.1, 0.15) is 0 Å². The number of para-hydroxylation sites is 1. The summed E-state index contributed by atoms with van der Waals surface area (Å²) in [5.74, 6) is -0.234. The van der Waals surface area contributed by atoms with E-state index in [-0.39, 0.29) is 6.10 Å². The number of amides is 1. The molecule has 2 unspecified atom stereocenters. The van der Waals surface area contributed by atoms with Gasteiger partial charge in [-0.25, -0.2) is 0 Å². The number of hydrogen-bond donors (Lipinski definition) is 3. The molecule has 98 valence electrons. The molecule has 2 rings (SSSR count). The normalized spacial score (nSPS) is 24.0. The number of β-amino-alcohol motifs (C(OH)–C–C–N with tert-alkyl or cyclic N) is 1. The maximum atomic E-state index is 11.2. The van der Waals surface area contributed by atoms with E-state index in [1.165, 1.54) is 0 Å². The third-order valence-electron chi connectivity index (χ3n) is 3.61. The number of piperidine rings is 1. The Morgan fingerprint density at radius 2 is 2.22 bits per heavy atom. The lowest BCUT2D eigenvalue weighted by Gasteiger charge is -2.36. The van der Waals surface area contributed by atoms with Crippen LogP contribution in [0.2, 0.25) is 0 Å².